The Morgan fingerprint density at radius 1 is 1.25 bits per heavy atom. The normalized spacial score (nSPS) is 10.7. The second-order valence-corrected chi connectivity index (χ2v) is 7.37. The molecular weight excluding hydrogens is 403 g/mol. The number of anilines is 1. The fourth-order valence-corrected chi connectivity index (χ4v) is 3.18. The average molecular weight is 421 g/mol. The molecule has 2 aromatic carbocycles. The number of carbonyl (C=O) groups excluding carboxylic acids is 1. The lowest BCUT2D eigenvalue weighted by atomic mass is 10.2. The van der Waals surface area contributed by atoms with Crippen LogP contribution in [-0.2, 0) is 18.4 Å². The second-order valence-electron chi connectivity index (χ2n) is 6.03. The van der Waals surface area contributed by atoms with Crippen molar-refractivity contribution in [3.63, 3.8) is 0 Å². The van der Waals surface area contributed by atoms with Crippen molar-refractivity contribution >= 4 is 35.0 Å². The van der Waals surface area contributed by atoms with Gasteiger partial charge in [0.25, 0.3) is 0 Å². The summed E-state index contributed by atoms with van der Waals surface area (Å²) in [7, 11) is 1.79. The zero-order valence-electron chi connectivity index (χ0n) is 15.3. The van der Waals surface area contributed by atoms with Crippen molar-refractivity contribution in [1.82, 2.24) is 14.8 Å². The summed E-state index contributed by atoms with van der Waals surface area (Å²) in [6, 6.07) is 11.7. The summed E-state index contributed by atoms with van der Waals surface area (Å²) < 4.78 is 20.5. The minimum atomic E-state index is -0.504. The zero-order valence-corrected chi connectivity index (χ0v) is 16.9. The molecule has 9 heteroatoms. The van der Waals surface area contributed by atoms with Gasteiger partial charge in [-0.1, -0.05) is 41.1 Å². The molecule has 0 atom stereocenters. The van der Waals surface area contributed by atoms with Crippen LogP contribution in [0, 0.1) is 12.7 Å². The number of hydrogen-bond acceptors (Lipinski definition) is 5. The molecule has 0 bridgehead atoms. The maximum atomic E-state index is 13.2. The number of amides is 1. The van der Waals surface area contributed by atoms with Crippen molar-refractivity contribution in [1.29, 1.82) is 0 Å². The van der Waals surface area contributed by atoms with Gasteiger partial charge in [0.2, 0.25) is 5.91 Å². The number of thioether (sulfide) groups is 1. The van der Waals surface area contributed by atoms with Gasteiger partial charge in [0, 0.05) is 18.8 Å². The largest absolute Gasteiger partial charge is 0.486 e. The lowest BCUT2D eigenvalue weighted by molar-refractivity contribution is -0.113. The first kappa shape index (κ1) is 20.2. The summed E-state index contributed by atoms with van der Waals surface area (Å²) in [6.45, 7) is 2.13. The Balaban J connectivity index is 1.53. The van der Waals surface area contributed by atoms with Crippen molar-refractivity contribution in [3.05, 3.63) is 64.7 Å². The molecule has 0 saturated carbocycles. The van der Waals surface area contributed by atoms with E-state index in [1.165, 1.54) is 30.0 Å². The molecule has 0 spiro atoms. The molecule has 1 amide bonds. The third kappa shape index (κ3) is 5.24. The Morgan fingerprint density at radius 3 is 2.71 bits per heavy atom. The molecular formula is C19H18ClFN4O2S. The first-order valence-corrected chi connectivity index (χ1v) is 9.74. The van der Waals surface area contributed by atoms with Crippen LogP contribution >= 0.6 is 23.4 Å². The van der Waals surface area contributed by atoms with Gasteiger partial charge in [-0.05, 0) is 31.2 Å². The number of nitrogens with one attached hydrogen (secondary N) is 1. The quantitative estimate of drug-likeness (QED) is 0.579. The number of hydrogen-bond donors (Lipinski definition) is 1. The maximum absolute atomic E-state index is 13.2. The number of aromatic nitrogens is 3. The van der Waals surface area contributed by atoms with Gasteiger partial charge >= 0.3 is 0 Å². The van der Waals surface area contributed by atoms with Gasteiger partial charge in [-0.3, -0.25) is 4.79 Å². The van der Waals surface area contributed by atoms with E-state index in [9.17, 15) is 9.18 Å². The summed E-state index contributed by atoms with van der Waals surface area (Å²) in [6.07, 6.45) is 0. The van der Waals surface area contributed by atoms with Crippen LogP contribution in [0.4, 0.5) is 10.1 Å². The highest BCUT2D eigenvalue weighted by Crippen LogP contribution is 2.22. The molecule has 0 aliphatic heterocycles. The highest BCUT2D eigenvalue weighted by Gasteiger charge is 2.12. The number of benzene rings is 2. The molecule has 1 N–H and O–H groups in total. The first-order valence-electron chi connectivity index (χ1n) is 8.38. The number of carbonyl (C=O) groups is 1. The van der Waals surface area contributed by atoms with E-state index in [2.05, 4.69) is 15.5 Å². The SMILES string of the molecule is Cc1ccc(NC(=O)CSc2nnc(COc3ccc(F)c(Cl)c3)n2C)cc1. The van der Waals surface area contributed by atoms with Gasteiger partial charge in [0.05, 0.1) is 10.8 Å². The van der Waals surface area contributed by atoms with Crippen molar-refractivity contribution in [3.8, 4) is 5.75 Å². The molecule has 146 valence electrons. The molecule has 0 radical (unpaired) electrons. The highest BCUT2D eigenvalue weighted by molar-refractivity contribution is 7.99. The van der Waals surface area contributed by atoms with Gasteiger partial charge < -0.3 is 14.6 Å². The van der Waals surface area contributed by atoms with Crippen LogP contribution in [0.3, 0.4) is 0 Å². The van der Waals surface area contributed by atoms with E-state index in [0.29, 0.717) is 16.7 Å². The Morgan fingerprint density at radius 2 is 2.00 bits per heavy atom. The highest BCUT2D eigenvalue weighted by atomic mass is 35.5. The van der Waals surface area contributed by atoms with Crippen molar-refractivity contribution in [2.24, 2.45) is 7.05 Å². The van der Waals surface area contributed by atoms with E-state index in [1.807, 2.05) is 31.2 Å². The zero-order chi connectivity index (χ0) is 20.1. The van der Waals surface area contributed by atoms with Crippen LogP contribution in [0.5, 0.6) is 5.75 Å². The van der Waals surface area contributed by atoms with E-state index in [0.717, 1.165) is 11.3 Å². The van der Waals surface area contributed by atoms with Crippen LogP contribution in [0.15, 0.2) is 47.6 Å². The molecule has 3 aromatic rings. The van der Waals surface area contributed by atoms with Gasteiger partial charge in [0.1, 0.15) is 18.2 Å². The van der Waals surface area contributed by atoms with E-state index in [4.69, 9.17) is 16.3 Å². The lowest BCUT2D eigenvalue weighted by Gasteiger charge is -2.07. The smallest absolute Gasteiger partial charge is 0.234 e. The molecule has 3 rings (SSSR count). The molecule has 0 fully saturated rings. The topological polar surface area (TPSA) is 69.0 Å². The fourth-order valence-electron chi connectivity index (χ4n) is 2.28. The second kappa shape index (κ2) is 9.07. The molecule has 1 heterocycles. The summed E-state index contributed by atoms with van der Waals surface area (Å²) in [5, 5.41) is 11.6. The molecule has 0 unspecified atom stereocenters. The summed E-state index contributed by atoms with van der Waals surface area (Å²) in [5.74, 6) is 0.572. The van der Waals surface area contributed by atoms with E-state index < -0.39 is 5.82 Å². The van der Waals surface area contributed by atoms with Gasteiger partial charge in [0.15, 0.2) is 11.0 Å². The summed E-state index contributed by atoms with van der Waals surface area (Å²) in [5.41, 5.74) is 1.88. The molecule has 28 heavy (non-hydrogen) atoms. The third-order valence-electron chi connectivity index (χ3n) is 3.85. The maximum Gasteiger partial charge on any atom is 0.234 e. The molecule has 0 saturated heterocycles. The molecule has 6 nitrogen and oxygen atoms in total. The van der Waals surface area contributed by atoms with Crippen molar-refractivity contribution in [2.45, 2.75) is 18.7 Å². The molecule has 0 aliphatic carbocycles. The van der Waals surface area contributed by atoms with Crippen LogP contribution in [0.1, 0.15) is 11.4 Å². The lowest BCUT2D eigenvalue weighted by Crippen LogP contribution is -2.14. The van der Waals surface area contributed by atoms with E-state index >= 15 is 0 Å². The Kier molecular flexibility index (Phi) is 6.53. The number of nitrogens with zero attached hydrogens (tertiary/aromatic N) is 3. The average Bonchev–Trinajstić information content (AvgIpc) is 3.03. The van der Waals surface area contributed by atoms with Crippen LogP contribution < -0.4 is 10.1 Å². The Bertz CT molecular complexity index is 979. The minimum Gasteiger partial charge on any atom is -0.486 e. The van der Waals surface area contributed by atoms with Crippen molar-refractivity contribution in [2.75, 3.05) is 11.1 Å². The Labute approximate surface area is 171 Å². The fraction of sp³-hybridized carbons (Fsp3) is 0.211. The van der Waals surface area contributed by atoms with E-state index in [-0.39, 0.29) is 23.3 Å². The molecule has 0 aliphatic rings. The summed E-state index contributed by atoms with van der Waals surface area (Å²) >= 11 is 7.01. The van der Waals surface area contributed by atoms with E-state index in [1.54, 1.807) is 11.6 Å². The van der Waals surface area contributed by atoms with Crippen LogP contribution in [0.25, 0.3) is 0 Å². The molecule has 1 aromatic heterocycles. The predicted octanol–water partition coefficient (Wildman–Crippen LogP) is 4.23. The minimum absolute atomic E-state index is 0.00806. The standard InChI is InChI=1S/C19H18ClFN4O2S/c1-12-3-5-13(6-4-12)22-18(26)11-28-19-24-23-17(25(19)2)10-27-14-7-8-16(21)15(20)9-14/h3-9H,10-11H2,1-2H3,(H,22,26). The number of rotatable bonds is 7. The first-order chi connectivity index (χ1) is 13.4. The number of halogens is 2. The summed E-state index contributed by atoms with van der Waals surface area (Å²) in [4.78, 5) is 12.1. The van der Waals surface area contributed by atoms with Gasteiger partial charge in [-0.2, -0.15) is 0 Å². The monoisotopic (exact) mass is 420 g/mol. The third-order valence-corrected chi connectivity index (χ3v) is 5.16. The van der Waals surface area contributed by atoms with Gasteiger partial charge in [-0.25, -0.2) is 4.39 Å². The van der Waals surface area contributed by atoms with Gasteiger partial charge in [-0.15, -0.1) is 10.2 Å². The van der Waals surface area contributed by atoms with Crippen molar-refractivity contribution < 1.29 is 13.9 Å². The van der Waals surface area contributed by atoms with Crippen LogP contribution in [-0.4, -0.2) is 26.4 Å². The predicted molar refractivity (Wildman–Crippen MR) is 107 cm³/mol. The number of aryl methyl sites for hydroxylation is 1. The number of ether oxygens (including phenoxy) is 1. The van der Waals surface area contributed by atoms with Crippen LogP contribution in [0.2, 0.25) is 5.02 Å². The Hall–Kier alpha value is -2.58.